The van der Waals surface area contributed by atoms with E-state index >= 15 is 0 Å². The number of nitrogens with zero attached hydrogens (tertiary/aromatic N) is 1. The molecule has 0 saturated carbocycles. The van der Waals surface area contributed by atoms with Crippen molar-refractivity contribution in [2.45, 2.75) is 32.9 Å². The number of hydrogen-bond donors (Lipinski definition) is 2. The van der Waals surface area contributed by atoms with Gasteiger partial charge in [0.05, 0.1) is 7.11 Å². The summed E-state index contributed by atoms with van der Waals surface area (Å²) < 4.78 is 5.32. The summed E-state index contributed by atoms with van der Waals surface area (Å²) in [5.74, 6) is 0.645. The summed E-state index contributed by atoms with van der Waals surface area (Å²) in [7, 11) is 1.65. The first kappa shape index (κ1) is 20.0. The molecular formula is C24H27N3O3. The van der Waals surface area contributed by atoms with Crippen molar-refractivity contribution in [1.29, 1.82) is 0 Å². The SMILES string of the molecule is COc1ccc2[nH]cc(CCNC(=O)C(C(C)C)N3Cc4ccccc4C3=O)c2c1. The van der Waals surface area contributed by atoms with E-state index in [0.29, 0.717) is 25.1 Å². The van der Waals surface area contributed by atoms with Crippen LogP contribution in [0.5, 0.6) is 5.75 Å². The number of hydrogen-bond acceptors (Lipinski definition) is 3. The number of H-pyrrole nitrogens is 1. The number of rotatable bonds is 7. The van der Waals surface area contributed by atoms with E-state index in [1.807, 2.05) is 62.5 Å². The zero-order valence-electron chi connectivity index (χ0n) is 17.6. The van der Waals surface area contributed by atoms with Crippen molar-refractivity contribution in [3.63, 3.8) is 0 Å². The minimum Gasteiger partial charge on any atom is -0.497 e. The Morgan fingerprint density at radius 3 is 2.77 bits per heavy atom. The molecule has 0 aliphatic carbocycles. The minimum absolute atomic E-state index is 0.0145. The lowest BCUT2D eigenvalue weighted by atomic mass is 10.0. The Hall–Kier alpha value is -3.28. The molecule has 2 amide bonds. The molecule has 3 aromatic rings. The van der Waals surface area contributed by atoms with Crippen LogP contribution >= 0.6 is 0 Å². The molecule has 0 bridgehead atoms. The van der Waals surface area contributed by atoms with Crippen molar-refractivity contribution in [3.8, 4) is 5.75 Å². The Morgan fingerprint density at radius 2 is 2.03 bits per heavy atom. The second-order valence-electron chi connectivity index (χ2n) is 8.05. The predicted molar refractivity (Wildman–Crippen MR) is 117 cm³/mol. The number of nitrogens with one attached hydrogen (secondary N) is 2. The van der Waals surface area contributed by atoms with Gasteiger partial charge in [-0.2, -0.15) is 0 Å². The summed E-state index contributed by atoms with van der Waals surface area (Å²) in [5.41, 5.74) is 3.84. The van der Waals surface area contributed by atoms with Crippen molar-refractivity contribution in [2.75, 3.05) is 13.7 Å². The second kappa shape index (κ2) is 8.22. The van der Waals surface area contributed by atoms with Crippen molar-refractivity contribution in [1.82, 2.24) is 15.2 Å². The third kappa shape index (κ3) is 3.65. The lowest BCUT2D eigenvalue weighted by molar-refractivity contribution is -0.127. The highest BCUT2D eigenvalue weighted by Gasteiger charge is 2.37. The summed E-state index contributed by atoms with van der Waals surface area (Å²) in [6.07, 6.45) is 2.66. The van der Waals surface area contributed by atoms with E-state index in [2.05, 4.69) is 10.3 Å². The van der Waals surface area contributed by atoms with Gasteiger partial charge in [-0.05, 0) is 47.7 Å². The van der Waals surface area contributed by atoms with Crippen molar-refractivity contribution in [2.24, 2.45) is 5.92 Å². The van der Waals surface area contributed by atoms with Crippen LogP contribution in [-0.2, 0) is 17.8 Å². The maximum absolute atomic E-state index is 13.0. The molecule has 6 nitrogen and oxygen atoms in total. The first-order valence-electron chi connectivity index (χ1n) is 10.3. The van der Waals surface area contributed by atoms with Crippen molar-refractivity contribution in [3.05, 3.63) is 65.4 Å². The van der Waals surface area contributed by atoms with Crippen molar-refractivity contribution >= 4 is 22.7 Å². The number of carbonyl (C=O) groups excluding carboxylic acids is 2. The Kier molecular flexibility index (Phi) is 5.48. The van der Waals surface area contributed by atoms with Gasteiger partial charge in [-0.25, -0.2) is 0 Å². The van der Waals surface area contributed by atoms with Gasteiger partial charge in [0.2, 0.25) is 5.91 Å². The number of aromatic amines is 1. The van der Waals surface area contributed by atoms with E-state index in [1.54, 1.807) is 12.0 Å². The number of fused-ring (bicyclic) bond motifs is 2. The van der Waals surface area contributed by atoms with Gasteiger partial charge < -0.3 is 19.9 Å². The Morgan fingerprint density at radius 1 is 1.23 bits per heavy atom. The molecule has 156 valence electrons. The predicted octanol–water partition coefficient (Wildman–Crippen LogP) is 3.52. The largest absolute Gasteiger partial charge is 0.497 e. The number of benzene rings is 2. The van der Waals surface area contributed by atoms with Gasteiger partial charge in [0, 0.05) is 35.8 Å². The lowest BCUT2D eigenvalue weighted by Gasteiger charge is -2.30. The molecule has 4 rings (SSSR count). The summed E-state index contributed by atoms with van der Waals surface area (Å²) in [4.78, 5) is 30.8. The van der Waals surface area contributed by atoms with Crippen molar-refractivity contribution < 1.29 is 14.3 Å². The van der Waals surface area contributed by atoms with Crippen LogP contribution in [0.15, 0.2) is 48.7 Å². The molecular weight excluding hydrogens is 378 g/mol. The van der Waals surface area contributed by atoms with E-state index in [9.17, 15) is 9.59 Å². The molecule has 30 heavy (non-hydrogen) atoms. The average molecular weight is 405 g/mol. The molecule has 1 aromatic heterocycles. The molecule has 0 saturated heterocycles. The number of aromatic nitrogens is 1. The fourth-order valence-electron chi connectivity index (χ4n) is 4.22. The fourth-order valence-corrected chi connectivity index (χ4v) is 4.22. The lowest BCUT2D eigenvalue weighted by Crippen LogP contribution is -2.50. The van der Waals surface area contributed by atoms with Gasteiger partial charge in [0.1, 0.15) is 11.8 Å². The third-order valence-electron chi connectivity index (χ3n) is 5.75. The molecule has 1 aliphatic heterocycles. The smallest absolute Gasteiger partial charge is 0.255 e. The Labute approximate surface area is 176 Å². The molecule has 1 aliphatic rings. The van der Waals surface area contributed by atoms with Gasteiger partial charge in [-0.15, -0.1) is 0 Å². The number of carbonyl (C=O) groups is 2. The average Bonchev–Trinajstić information content (AvgIpc) is 3.29. The number of methoxy groups -OCH3 is 1. The maximum Gasteiger partial charge on any atom is 0.255 e. The first-order chi connectivity index (χ1) is 14.5. The zero-order valence-corrected chi connectivity index (χ0v) is 17.6. The van der Waals surface area contributed by atoms with Gasteiger partial charge in [-0.3, -0.25) is 9.59 Å². The molecule has 2 heterocycles. The van der Waals surface area contributed by atoms with E-state index in [1.165, 1.54) is 0 Å². The summed E-state index contributed by atoms with van der Waals surface area (Å²) >= 11 is 0. The zero-order chi connectivity index (χ0) is 21.3. The highest BCUT2D eigenvalue weighted by atomic mass is 16.5. The highest BCUT2D eigenvalue weighted by molar-refractivity contribution is 6.01. The quantitative estimate of drug-likeness (QED) is 0.632. The molecule has 1 unspecified atom stereocenters. The van der Waals surface area contributed by atoms with E-state index in [-0.39, 0.29) is 17.7 Å². The third-order valence-corrected chi connectivity index (χ3v) is 5.75. The molecule has 0 radical (unpaired) electrons. The highest BCUT2D eigenvalue weighted by Crippen LogP contribution is 2.27. The molecule has 0 spiro atoms. The number of amides is 2. The summed E-state index contributed by atoms with van der Waals surface area (Å²) in [6, 6.07) is 13.0. The van der Waals surface area contributed by atoms with Crippen LogP contribution in [0.25, 0.3) is 10.9 Å². The van der Waals surface area contributed by atoms with E-state index in [0.717, 1.165) is 27.8 Å². The van der Waals surface area contributed by atoms with Crippen LogP contribution < -0.4 is 10.1 Å². The van der Waals surface area contributed by atoms with Gasteiger partial charge >= 0.3 is 0 Å². The Bertz CT molecular complexity index is 1090. The summed E-state index contributed by atoms with van der Waals surface area (Å²) in [5, 5.41) is 4.13. The van der Waals surface area contributed by atoms with Crippen LogP contribution in [-0.4, -0.2) is 41.4 Å². The normalized spacial score (nSPS) is 14.3. The van der Waals surface area contributed by atoms with E-state index < -0.39 is 6.04 Å². The fraction of sp³-hybridized carbons (Fsp3) is 0.333. The van der Waals surface area contributed by atoms with E-state index in [4.69, 9.17) is 4.74 Å². The molecule has 2 N–H and O–H groups in total. The minimum atomic E-state index is -0.493. The second-order valence-corrected chi connectivity index (χ2v) is 8.05. The van der Waals surface area contributed by atoms with Crippen LogP contribution in [0.2, 0.25) is 0 Å². The first-order valence-corrected chi connectivity index (χ1v) is 10.3. The molecule has 1 atom stereocenters. The number of ether oxygens (including phenoxy) is 1. The van der Waals surface area contributed by atoms with Crippen LogP contribution in [0.1, 0.15) is 35.3 Å². The van der Waals surface area contributed by atoms with Crippen LogP contribution in [0.4, 0.5) is 0 Å². The monoisotopic (exact) mass is 405 g/mol. The van der Waals surface area contributed by atoms with Crippen LogP contribution in [0, 0.1) is 5.92 Å². The Balaban J connectivity index is 1.43. The molecule has 6 heteroatoms. The standard InChI is InChI=1S/C24H27N3O3/c1-15(2)22(27-14-17-6-4-5-7-19(17)24(27)29)23(28)25-11-10-16-13-26-21-9-8-18(30-3)12-20(16)21/h4-9,12-13,15,22,26H,10-11,14H2,1-3H3,(H,25,28). The van der Waals surface area contributed by atoms with Gasteiger partial charge in [-0.1, -0.05) is 32.0 Å². The molecule has 2 aromatic carbocycles. The van der Waals surface area contributed by atoms with Gasteiger partial charge in [0.25, 0.3) is 5.91 Å². The maximum atomic E-state index is 13.0. The molecule has 0 fully saturated rings. The van der Waals surface area contributed by atoms with Crippen LogP contribution in [0.3, 0.4) is 0 Å². The summed E-state index contributed by atoms with van der Waals surface area (Å²) in [6.45, 7) is 4.94. The van der Waals surface area contributed by atoms with Gasteiger partial charge in [0.15, 0.2) is 0 Å². The topological polar surface area (TPSA) is 74.4 Å².